The number of aromatic nitrogens is 10. The predicted molar refractivity (Wildman–Crippen MR) is 254 cm³/mol. The van der Waals surface area contributed by atoms with Crippen LogP contribution in [0.3, 0.4) is 0 Å². The van der Waals surface area contributed by atoms with Gasteiger partial charge in [-0.1, -0.05) is 50.2 Å². The van der Waals surface area contributed by atoms with Crippen LogP contribution < -0.4 is 15.3 Å². The van der Waals surface area contributed by atoms with Crippen LogP contribution in [0.2, 0.25) is 0 Å². The first-order chi connectivity index (χ1) is 33.8. The van der Waals surface area contributed by atoms with E-state index in [0.29, 0.717) is 77.3 Å². The molecule has 8 aromatic rings. The molecule has 1 saturated heterocycles. The lowest BCUT2D eigenvalue weighted by molar-refractivity contribution is -0.745. The Morgan fingerprint density at radius 1 is 0.643 bits per heavy atom. The predicted octanol–water partition coefficient (Wildman–Crippen LogP) is 9.04. The zero-order valence-corrected chi connectivity index (χ0v) is 38.6. The summed E-state index contributed by atoms with van der Waals surface area (Å²) in [5.41, 5.74) is 0.569. The minimum Gasteiger partial charge on any atom is -0.325 e. The van der Waals surface area contributed by atoms with Crippen molar-refractivity contribution in [3.05, 3.63) is 120 Å². The fourth-order valence-electron chi connectivity index (χ4n) is 8.79. The zero-order valence-electron chi connectivity index (χ0n) is 38.6. The number of rotatable bonds is 18. The van der Waals surface area contributed by atoms with Gasteiger partial charge in [-0.3, -0.25) is 10.00 Å². The molecule has 0 spiro atoms. The number of fused-ring (bicyclic) bond motifs is 2. The first-order valence-electron chi connectivity index (χ1n) is 23.3. The third-order valence-corrected chi connectivity index (χ3v) is 12.4. The third kappa shape index (κ3) is 11.2. The highest BCUT2D eigenvalue weighted by Gasteiger charge is 2.35. The minimum absolute atomic E-state index is 0.0113. The molecule has 0 radical (unpaired) electrons. The van der Waals surface area contributed by atoms with Crippen LogP contribution in [0.5, 0.6) is 0 Å². The number of alkyl halides is 6. The summed E-state index contributed by atoms with van der Waals surface area (Å²) < 4.78 is 87.1. The Bertz CT molecular complexity index is 3050. The maximum absolute atomic E-state index is 14.2. The molecule has 15 nitrogen and oxygen atoms in total. The van der Waals surface area contributed by atoms with E-state index in [1.54, 1.807) is 36.7 Å². The average molecular weight is 965 g/mol. The van der Waals surface area contributed by atoms with Crippen LogP contribution in [0, 0.1) is 0 Å². The fraction of sp³-hybridized carbons (Fsp3) is 0.347. The molecular formula is C49H52F6N15+. The highest BCUT2D eigenvalue weighted by molar-refractivity contribution is 5.89. The summed E-state index contributed by atoms with van der Waals surface area (Å²) in [7, 11) is 0. The van der Waals surface area contributed by atoms with E-state index in [1.165, 1.54) is 30.3 Å². The summed E-state index contributed by atoms with van der Waals surface area (Å²) in [5.74, 6) is 1.73. The molecule has 9 rings (SSSR count). The van der Waals surface area contributed by atoms with Gasteiger partial charge in [0.15, 0.2) is 29.8 Å². The van der Waals surface area contributed by atoms with Crippen molar-refractivity contribution in [3.63, 3.8) is 0 Å². The van der Waals surface area contributed by atoms with Gasteiger partial charge in [0.1, 0.15) is 29.0 Å². The Morgan fingerprint density at radius 2 is 1.20 bits per heavy atom. The number of piperazine rings is 1. The lowest BCUT2D eigenvalue weighted by Crippen LogP contribution is -2.53. The molecule has 1 aliphatic rings. The Kier molecular flexibility index (Phi) is 14.3. The zero-order chi connectivity index (χ0) is 48.8. The van der Waals surface area contributed by atoms with Crippen molar-refractivity contribution < 1.29 is 31.0 Å². The number of aryl methyl sites for hydroxylation is 2. The molecule has 0 amide bonds. The molecule has 1 fully saturated rings. The normalized spacial score (nSPS) is 14.0. The number of nitrogens with zero attached hydrogens (tertiary/aromatic N) is 11. The molecule has 0 bridgehead atoms. The second-order valence-corrected chi connectivity index (χ2v) is 17.1. The van der Waals surface area contributed by atoms with Gasteiger partial charge in [0.05, 0.1) is 16.5 Å². The Balaban J connectivity index is 0.875. The molecule has 0 saturated carbocycles. The fourth-order valence-corrected chi connectivity index (χ4v) is 8.79. The molecule has 2 aromatic carbocycles. The molecular weight excluding hydrogens is 913 g/mol. The summed E-state index contributed by atoms with van der Waals surface area (Å²) in [6, 6.07) is 21.6. The number of halogens is 6. The van der Waals surface area contributed by atoms with Crippen LogP contribution in [-0.4, -0.2) is 112 Å². The van der Waals surface area contributed by atoms with Crippen molar-refractivity contribution in [3.8, 4) is 22.8 Å². The second-order valence-electron chi connectivity index (χ2n) is 17.1. The van der Waals surface area contributed by atoms with Gasteiger partial charge in [0.25, 0.3) is 0 Å². The summed E-state index contributed by atoms with van der Waals surface area (Å²) in [6.45, 7) is 11.1. The molecule has 1 aliphatic heterocycles. The van der Waals surface area contributed by atoms with Crippen LogP contribution in [0.25, 0.3) is 44.8 Å². The van der Waals surface area contributed by atoms with Crippen LogP contribution >= 0.6 is 0 Å². The second kappa shape index (κ2) is 20.9. The maximum atomic E-state index is 14.2. The number of nitrogens with one attached hydrogen (secondary N) is 4. The monoisotopic (exact) mass is 964 g/mol. The number of pyridine rings is 2. The highest BCUT2D eigenvalue weighted by Crippen LogP contribution is 2.38. The van der Waals surface area contributed by atoms with Crippen LogP contribution in [0.15, 0.2) is 97.3 Å². The molecule has 364 valence electrons. The van der Waals surface area contributed by atoms with Crippen molar-refractivity contribution in [2.24, 2.45) is 0 Å². The Morgan fingerprint density at radius 3 is 1.81 bits per heavy atom. The number of H-pyrrole nitrogens is 2. The lowest BCUT2D eigenvalue weighted by atomic mass is 10.1. The molecule has 70 heavy (non-hydrogen) atoms. The maximum Gasteiger partial charge on any atom is 0.417 e. The standard InChI is InChI=1S/C49H51F6N15/c1-3-67(4-2)23-11-13-32-30-41(61-44(58-32)35-16-6-8-20-39(35)49(53,54)55)63-46-37-18-10-22-57-47(37)70(66-46)31-69-27-25-68(26-28-69)24-12-14-33-29-40(62-45-36-17-9-21-56-42(36)64-65-45)60-43(59-33)34-15-5-7-19-38(34)48(50,51)52/h5-10,15-22,29-30H,3-4,11-14,23-28,31H2,1-2H3,(H3,56,58,59,60,61,62,63,64,65,66)/p+1. The summed E-state index contributed by atoms with van der Waals surface area (Å²) in [5, 5.41) is 18.6. The topological polar surface area (TPSA) is 159 Å². The van der Waals surface area contributed by atoms with Gasteiger partial charge in [0.2, 0.25) is 0 Å². The molecule has 0 unspecified atom stereocenters. The molecule has 7 heterocycles. The van der Waals surface area contributed by atoms with Crippen LogP contribution in [0.4, 0.5) is 49.6 Å². The van der Waals surface area contributed by atoms with E-state index in [0.717, 1.165) is 76.3 Å². The van der Waals surface area contributed by atoms with Crippen molar-refractivity contribution >= 4 is 45.3 Å². The minimum atomic E-state index is -4.60. The van der Waals surface area contributed by atoms with Gasteiger partial charge in [-0.2, -0.15) is 31.4 Å². The quantitative estimate of drug-likeness (QED) is 0.0478. The van der Waals surface area contributed by atoms with E-state index in [-0.39, 0.29) is 22.8 Å². The van der Waals surface area contributed by atoms with Crippen molar-refractivity contribution in [1.82, 2.24) is 59.9 Å². The Labute approximate surface area is 399 Å². The number of aromatic amines is 2. The highest BCUT2D eigenvalue weighted by atomic mass is 19.4. The van der Waals surface area contributed by atoms with Crippen molar-refractivity contribution in [1.29, 1.82) is 0 Å². The smallest absolute Gasteiger partial charge is 0.325 e. The molecule has 21 heteroatoms. The number of benzene rings is 2. The lowest BCUT2D eigenvalue weighted by Gasteiger charge is -2.33. The SMILES string of the molecule is CCN(CC)CCCc1cc(Nc2[nH][n+](CN3CCN(CCCc4cc(Nc5[nH]nc6ncccc56)nc(-c5ccccc5C(F)(F)F)n4)CC3)c3ncccc23)nc(-c2ccccc2C(F)(F)F)n1. The van der Waals surface area contributed by atoms with Crippen molar-refractivity contribution in [2.45, 2.75) is 58.6 Å². The average Bonchev–Trinajstić information content (AvgIpc) is 3.92. The molecule has 6 aromatic heterocycles. The van der Waals surface area contributed by atoms with Gasteiger partial charge >= 0.3 is 18.0 Å². The van der Waals surface area contributed by atoms with Crippen molar-refractivity contribution in [2.75, 3.05) is 63.0 Å². The van der Waals surface area contributed by atoms with E-state index in [9.17, 15) is 26.3 Å². The summed E-state index contributed by atoms with van der Waals surface area (Å²) >= 11 is 0. The summed E-state index contributed by atoms with van der Waals surface area (Å²) in [4.78, 5) is 34.3. The van der Waals surface area contributed by atoms with E-state index < -0.39 is 23.5 Å². The molecule has 4 N–H and O–H groups in total. The first kappa shape index (κ1) is 47.9. The van der Waals surface area contributed by atoms with Gasteiger partial charge < -0.3 is 20.4 Å². The van der Waals surface area contributed by atoms with E-state index >= 15 is 0 Å². The number of anilines is 4. The summed E-state index contributed by atoms with van der Waals surface area (Å²) in [6.07, 6.45) is -3.34. The number of hydrogen-bond donors (Lipinski definition) is 4. The van der Waals surface area contributed by atoms with Gasteiger partial charge in [-0.15, -0.1) is 4.68 Å². The Hall–Kier alpha value is -7.10. The van der Waals surface area contributed by atoms with Crippen LogP contribution in [-0.2, 0) is 31.9 Å². The van der Waals surface area contributed by atoms with Gasteiger partial charge in [-0.25, -0.2) is 30.0 Å². The third-order valence-electron chi connectivity index (χ3n) is 12.4. The van der Waals surface area contributed by atoms with Gasteiger partial charge in [-0.05, 0) is 93.2 Å². The largest absolute Gasteiger partial charge is 0.417 e. The van der Waals surface area contributed by atoms with E-state index in [4.69, 9.17) is 0 Å². The van der Waals surface area contributed by atoms with E-state index in [1.807, 2.05) is 22.9 Å². The van der Waals surface area contributed by atoms with E-state index in [2.05, 4.69) is 84.4 Å². The first-order valence-corrected chi connectivity index (χ1v) is 23.3. The number of hydrogen-bond acceptors (Lipinski definition) is 12. The molecule has 0 atom stereocenters. The van der Waals surface area contributed by atoms with Crippen LogP contribution in [0.1, 0.15) is 49.2 Å². The van der Waals surface area contributed by atoms with Gasteiger partial charge in [0, 0.05) is 67.0 Å². The molecule has 0 aliphatic carbocycles.